The summed E-state index contributed by atoms with van der Waals surface area (Å²) in [6.07, 6.45) is 0.104. The molecule has 0 radical (unpaired) electrons. The quantitative estimate of drug-likeness (QED) is 0.736. The molecule has 1 unspecified atom stereocenters. The van der Waals surface area contributed by atoms with Gasteiger partial charge in [-0.25, -0.2) is 0 Å². The average Bonchev–Trinajstić information content (AvgIpc) is 2.28. The van der Waals surface area contributed by atoms with Crippen LogP contribution in [0.15, 0.2) is 18.2 Å². The second-order valence-electron chi connectivity index (χ2n) is 4.49. The van der Waals surface area contributed by atoms with Crippen molar-refractivity contribution in [2.45, 2.75) is 33.8 Å². The molecule has 0 aliphatic carbocycles. The standard InChI is InChI=1S/C14H20O3/c1-9(2)11(4)17-13-7-6-12(10(3)15)8-14(13)16-5/h6-9,11H,1-5H3. The molecule has 0 saturated carbocycles. The SMILES string of the molecule is COc1cc(C(C)=O)ccc1OC(C)C(C)C. The molecular weight excluding hydrogens is 216 g/mol. The number of benzene rings is 1. The number of carbonyl (C=O) groups is 1. The van der Waals surface area contributed by atoms with E-state index < -0.39 is 0 Å². The summed E-state index contributed by atoms with van der Waals surface area (Å²) in [7, 11) is 1.58. The van der Waals surface area contributed by atoms with E-state index in [1.807, 2.05) is 6.92 Å². The van der Waals surface area contributed by atoms with Gasteiger partial charge in [0.1, 0.15) is 0 Å². The molecule has 0 fully saturated rings. The van der Waals surface area contributed by atoms with Gasteiger partial charge in [-0.2, -0.15) is 0 Å². The second-order valence-corrected chi connectivity index (χ2v) is 4.49. The van der Waals surface area contributed by atoms with E-state index in [0.29, 0.717) is 23.0 Å². The van der Waals surface area contributed by atoms with Crippen molar-refractivity contribution in [3.63, 3.8) is 0 Å². The largest absolute Gasteiger partial charge is 0.493 e. The first-order chi connectivity index (χ1) is 7.95. The maximum absolute atomic E-state index is 11.3. The average molecular weight is 236 g/mol. The molecule has 3 nitrogen and oxygen atoms in total. The lowest BCUT2D eigenvalue weighted by Gasteiger charge is -2.20. The summed E-state index contributed by atoms with van der Waals surface area (Å²) < 4.78 is 11.0. The van der Waals surface area contributed by atoms with Crippen LogP contribution < -0.4 is 9.47 Å². The predicted octanol–water partition coefficient (Wildman–Crippen LogP) is 3.32. The summed E-state index contributed by atoms with van der Waals surface area (Å²) >= 11 is 0. The Labute approximate surface area is 103 Å². The molecule has 0 amide bonds. The highest BCUT2D eigenvalue weighted by Crippen LogP contribution is 2.30. The van der Waals surface area contributed by atoms with Crippen LogP contribution in [0.5, 0.6) is 11.5 Å². The first-order valence-corrected chi connectivity index (χ1v) is 5.81. The topological polar surface area (TPSA) is 35.5 Å². The van der Waals surface area contributed by atoms with E-state index in [0.717, 1.165) is 0 Å². The second kappa shape index (κ2) is 5.71. The van der Waals surface area contributed by atoms with Crippen LogP contribution >= 0.6 is 0 Å². The molecule has 1 aromatic carbocycles. The van der Waals surface area contributed by atoms with Gasteiger partial charge in [0.05, 0.1) is 13.2 Å². The van der Waals surface area contributed by atoms with Crippen molar-refractivity contribution in [2.24, 2.45) is 5.92 Å². The van der Waals surface area contributed by atoms with Crippen LogP contribution in [0.2, 0.25) is 0 Å². The van der Waals surface area contributed by atoms with Gasteiger partial charge in [0.15, 0.2) is 17.3 Å². The Morgan fingerprint density at radius 1 is 1.18 bits per heavy atom. The van der Waals surface area contributed by atoms with E-state index >= 15 is 0 Å². The van der Waals surface area contributed by atoms with E-state index in [9.17, 15) is 4.79 Å². The summed E-state index contributed by atoms with van der Waals surface area (Å²) in [5, 5.41) is 0. The van der Waals surface area contributed by atoms with Crippen LogP contribution in [0.1, 0.15) is 38.1 Å². The maximum Gasteiger partial charge on any atom is 0.161 e. The highest BCUT2D eigenvalue weighted by Gasteiger charge is 2.13. The lowest BCUT2D eigenvalue weighted by molar-refractivity contribution is 0.101. The molecule has 1 aromatic rings. The Morgan fingerprint density at radius 3 is 2.29 bits per heavy atom. The minimum absolute atomic E-state index is 0.0201. The molecule has 0 heterocycles. The molecule has 1 atom stereocenters. The van der Waals surface area contributed by atoms with Gasteiger partial charge in [0.25, 0.3) is 0 Å². The summed E-state index contributed by atoms with van der Waals surface area (Å²) in [6.45, 7) is 7.75. The number of Topliss-reactive ketones (excluding diaryl/α,β-unsaturated/α-hetero) is 1. The summed E-state index contributed by atoms with van der Waals surface area (Å²) in [5.41, 5.74) is 0.631. The smallest absolute Gasteiger partial charge is 0.161 e. The van der Waals surface area contributed by atoms with Crippen LogP contribution in [-0.2, 0) is 0 Å². The summed E-state index contributed by atoms with van der Waals surface area (Å²) in [5.74, 6) is 1.72. The fourth-order valence-corrected chi connectivity index (χ4v) is 1.32. The molecule has 0 spiro atoms. The fourth-order valence-electron chi connectivity index (χ4n) is 1.32. The zero-order chi connectivity index (χ0) is 13.0. The molecule has 3 heteroatoms. The van der Waals surface area contributed by atoms with Gasteiger partial charge in [-0.1, -0.05) is 13.8 Å². The Bertz CT molecular complexity index is 396. The maximum atomic E-state index is 11.3. The Hall–Kier alpha value is -1.51. The number of hydrogen-bond donors (Lipinski definition) is 0. The van der Waals surface area contributed by atoms with Crippen LogP contribution in [0.4, 0.5) is 0 Å². The Balaban J connectivity index is 2.96. The molecule has 94 valence electrons. The van der Waals surface area contributed by atoms with Gasteiger partial charge >= 0.3 is 0 Å². The molecule has 1 rings (SSSR count). The first-order valence-electron chi connectivity index (χ1n) is 5.81. The third-order valence-corrected chi connectivity index (χ3v) is 2.82. The van der Waals surface area contributed by atoms with E-state index in [1.165, 1.54) is 6.92 Å². The van der Waals surface area contributed by atoms with Gasteiger partial charge in [-0.3, -0.25) is 4.79 Å². The van der Waals surface area contributed by atoms with E-state index in [1.54, 1.807) is 25.3 Å². The number of rotatable bonds is 5. The van der Waals surface area contributed by atoms with Crippen molar-refractivity contribution in [3.05, 3.63) is 23.8 Å². The van der Waals surface area contributed by atoms with Gasteiger partial charge in [0.2, 0.25) is 0 Å². The Morgan fingerprint density at radius 2 is 1.82 bits per heavy atom. The lowest BCUT2D eigenvalue weighted by atomic mass is 10.1. The third-order valence-electron chi connectivity index (χ3n) is 2.82. The fraction of sp³-hybridized carbons (Fsp3) is 0.500. The zero-order valence-corrected chi connectivity index (χ0v) is 11.1. The minimum atomic E-state index is 0.0201. The van der Waals surface area contributed by atoms with Gasteiger partial charge < -0.3 is 9.47 Å². The van der Waals surface area contributed by atoms with Crippen LogP contribution in [0.3, 0.4) is 0 Å². The van der Waals surface area contributed by atoms with E-state index in [4.69, 9.17) is 9.47 Å². The Kier molecular flexibility index (Phi) is 4.55. The van der Waals surface area contributed by atoms with E-state index in [2.05, 4.69) is 13.8 Å². The van der Waals surface area contributed by atoms with Crippen molar-refractivity contribution in [1.29, 1.82) is 0 Å². The third kappa shape index (κ3) is 3.48. The predicted molar refractivity (Wildman–Crippen MR) is 67.9 cm³/mol. The highest BCUT2D eigenvalue weighted by atomic mass is 16.5. The number of ketones is 1. The molecule has 0 bridgehead atoms. The molecular formula is C14H20O3. The van der Waals surface area contributed by atoms with E-state index in [-0.39, 0.29) is 11.9 Å². The highest BCUT2D eigenvalue weighted by molar-refractivity contribution is 5.94. The number of hydrogen-bond acceptors (Lipinski definition) is 3. The first kappa shape index (κ1) is 13.6. The lowest BCUT2D eigenvalue weighted by Crippen LogP contribution is -2.19. The van der Waals surface area contributed by atoms with Crippen LogP contribution in [0.25, 0.3) is 0 Å². The van der Waals surface area contributed by atoms with Gasteiger partial charge in [-0.15, -0.1) is 0 Å². The van der Waals surface area contributed by atoms with Crippen molar-refractivity contribution < 1.29 is 14.3 Å². The van der Waals surface area contributed by atoms with Crippen molar-refractivity contribution >= 4 is 5.78 Å². The van der Waals surface area contributed by atoms with Crippen LogP contribution in [-0.4, -0.2) is 19.0 Å². The van der Waals surface area contributed by atoms with Crippen LogP contribution in [0, 0.1) is 5.92 Å². The summed E-state index contributed by atoms with van der Waals surface area (Å²) in [4.78, 5) is 11.3. The summed E-state index contributed by atoms with van der Waals surface area (Å²) in [6, 6.07) is 5.26. The molecule has 0 aliphatic heterocycles. The van der Waals surface area contributed by atoms with Gasteiger partial charge in [-0.05, 0) is 38.0 Å². The van der Waals surface area contributed by atoms with Crippen molar-refractivity contribution in [3.8, 4) is 11.5 Å². The molecule has 0 aliphatic rings. The zero-order valence-electron chi connectivity index (χ0n) is 11.1. The molecule has 0 aromatic heterocycles. The van der Waals surface area contributed by atoms with Crippen molar-refractivity contribution in [1.82, 2.24) is 0 Å². The molecule has 0 saturated heterocycles. The number of ether oxygens (including phenoxy) is 2. The number of carbonyl (C=O) groups excluding carboxylic acids is 1. The number of methoxy groups -OCH3 is 1. The minimum Gasteiger partial charge on any atom is -0.493 e. The van der Waals surface area contributed by atoms with Crippen molar-refractivity contribution in [2.75, 3.05) is 7.11 Å². The monoisotopic (exact) mass is 236 g/mol. The normalized spacial score (nSPS) is 12.4. The van der Waals surface area contributed by atoms with Gasteiger partial charge in [0, 0.05) is 5.56 Å². The molecule has 0 N–H and O–H groups in total. The molecule has 17 heavy (non-hydrogen) atoms.